The summed E-state index contributed by atoms with van der Waals surface area (Å²) in [7, 11) is 0. The van der Waals surface area contributed by atoms with Gasteiger partial charge in [-0.1, -0.05) is 6.92 Å². The molecule has 106 valence electrons. The fraction of sp³-hybridized carbons (Fsp3) is 0.941. The van der Waals surface area contributed by atoms with Crippen molar-refractivity contribution in [1.82, 2.24) is 5.32 Å². The molecule has 2 heteroatoms. The van der Waals surface area contributed by atoms with Crippen LogP contribution in [0.2, 0.25) is 0 Å². The topological polar surface area (TPSA) is 29.1 Å². The molecule has 0 aromatic rings. The quantitative estimate of drug-likeness (QED) is 0.824. The van der Waals surface area contributed by atoms with Gasteiger partial charge in [-0.15, -0.1) is 0 Å². The summed E-state index contributed by atoms with van der Waals surface area (Å²) in [5.74, 6) is 3.68. The molecule has 5 aliphatic carbocycles. The molecule has 5 saturated carbocycles. The molecule has 0 spiro atoms. The lowest BCUT2D eigenvalue weighted by molar-refractivity contribution is -0.127. The lowest BCUT2D eigenvalue weighted by atomic mass is 9.47. The summed E-state index contributed by atoms with van der Waals surface area (Å²) in [6.45, 7) is 2.27. The summed E-state index contributed by atoms with van der Waals surface area (Å²) >= 11 is 0. The van der Waals surface area contributed by atoms with Crippen molar-refractivity contribution in [3.05, 3.63) is 0 Å². The summed E-state index contributed by atoms with van der Waals surface area (Å²) in [6, 6.07) is 0.467. The monoisotopic (exact) mass is 261 g/mol. The van der Waals surface area contributed by atoms with Gasteiger partial charge in [-0.2, -0.15) is 0 Å². The van der Waals surface area contributed by atoms with Crippen LogP contribution in [0.25, 0.3) is 0 Å². The van der Waals surface area contributed by atoms with E-state index in [2.05, 4.69) is 12.2 Å². The fourth-order valence-corrected chi connectivity index (χ4v) is 5.93. The van der Waals surface area contributed by atoms with Crippen LogP contribution in [0.5, 0.6) is 0 Å². The van der Waals surface area contributed by atoms with Crippen molar-refractivity contribution >= 4 is 5.91 Å². The summed E-state index contributed by atoms with van der Waals surface area (Å²) < 4.78 is 0. The van der Waals surface area contributed by atoms with Crippen LogP contribution in [0.15, 0.2) is 0 Å². The first kappa shape index (κ1) is 12.2. The van der Waals surface area contributed by atoms with Crippen LogP contribution in [0.4, 0.5) is 0 Å². The van der Waals surface area contributed by atoms with Crippen LogP contribution in [0.1, 0.15) is 64.7 Å². The lowest BCUT2D eigenvalue weighted by Gasteiger charge is -2.59. The molecular weight excluding hydrogens is 234 g/mol. The van der Waals surface area contributed by atoms with Crippen molar-refractivity contribution in [2.24, 2.45) is 29.1 Å². The molecule has 1 amide bonds. The smallest absolute Gasteiger partial charge is 0.223 e. The molecule has 0 saturated heterocycles. The van der Waals surface area contributed by atoms with E-state index in [4.69, 9.17) is 0 Å². The predicted octanol–water partition coefficient (Wildman–Crippen LogP) is 3.51. The van der Waals surface area contributed by atoms with Gasteiger partial charge < -0.3 is 5.32 Å². The second kappa shape index (κ2) is 4.23. The lowest BCUT2D eigenvalue weighted by Crippen LogP contribution is -2.56. The molecule has 2 nitrogen and oxygen atoms in total. The second-order valence-electron chi connectivity index (χ2n) is 8.02. The molecule has 5 rings (SSSR count). The number of amides is 1. The number of hydrogen-bond donors (Lipinski definition) is 1. The van der Waals surface area contributed by atoms with Crippen LogP contribution in [-0.2, 0) is 4.79 Å². The van der Waals surface area contributed by atoms with Gasteiger partial charge in [-0.3, -0.25) is 4.79 Å². The third-order valence-corrected chi connectivity index (χ3v) is 6.50. The maximum absolute atomic E-state index is 12.2. The van der Waals surface area contributed by atoms with Gasteiger partial charge in [0.05, 0.1) is 0 Å². The molecule has 5 aliphatic rings. The van der Waals surface area contributed by atoms with E-state index >= 15 is 0 Å². The number of nitrogens with one attached hydrogen (secondary N) is 1. The minimum absolute atomic E-state index is 0.364. The van der Waals surface area contributed by atoms with E-state index in [0.717, 1.165) is 37.0 Å². The van der Waals surface area contributed by atoms with Crippen molar-refractivity contribution in [2.75, 3.05) is 0 Å². The molecule has 1 N–H and O–H groups in total. The van der Waals surface area contributed by atoms with Crippen LogP contribution in [-0.4, -0.2) is 11.9 Å². The number of carbonyl (C=O) groups is 1. The van der Waals surface area contributed by atoms with E-state index in [-0.39, 0.29) is 0 Å². The molecule has 5 fully saturated rings. The zero-order valence-corrected chi connectivity index (χ0v) is 12.2. The Morgan fingerprint density at radius 1 is 1.11 bits per heavy atom. The SMILES string of the molecule is CC[C@@H](NC(=O)C1CC1)C12CC3CC(CC(C3)C1)C2. The molecule has 4 bridgehead atoms. The number of hydrogen-bond acceptors (Lipinski definition) is 1. The van der Waals surface area contributed by atoms with E-state index in [1.165, 1.54) is 38.5 Å². The highest BCUT2D eigenvalue weighted by molar-refractivity contribution is 5.81. The highest BCUT2D eigenvalue weighted by atomic mass is 16.2. The van der Waals surface area contributed by atoms with Gasteiger partial charge in [-0.05, 0) is 81.0 Å². The van der Waals surface area contributed by atoms with Gasteiger partial charge in [0.15, 0.2) is 0 Å². The summed E-state index contributed by atoms with van der Waals surface area (Å²) in [5, 5.41) is 3.45. The molecule has 0 aromatic carbocycles. The van der Waals surface area contributed by atoms with Crippen LogP contribution in [0, 0.1) is 29.1 Å². The zero-order valence-electron chi connectivity index (χ0n) is 12.2. The minimum Gasteiger partial charge on any atom is -0.353 e. The Labute approximate surface area is 116 Å². The first-order valence-electron chi connectivity index (χ1n) is 8.49. The Balaban J connectivity index is 1.53. The van der Waals surface area contributed by atoms with Crippen molar-refractivity contribution < 1.29 is 4.79 Å². The Kier molecular flexibility index (Phi) is 2.72. The van der Waals surface area contributed by atoms with E-state index in [1.54, 1.807) is 0 Å². The standard InChI is InChI=1S/C17H27NO/c1-2-15(18-16(19)14-3-4-14)17-8-11-5-12(9-17)7-13(6-11)10-17/h11-15H,2-10H2,1H3,(H,18,19)/t11?,12?,13?,15-,17?/m1/s1. The normalized spacial score (nSPS) is 45.2. The molecule has 1 atom stereocenters. The zero-order chi connectivity index (χ0) is 13.0. The van der Waals surface area contributed by atoms with E-state index in [1.807, 2.05) is 0 Å². The molecule has 0 radical (unpaired) electrons. The number of carbonyl (C=O) groups excluding carboxylic acids is 1. The van der Waals surface area contributed by atoms with Gasteiger partial charge in [0.1, 0.15) is 0 Å². The summed E-state index contributed by atoms with van der Waals surface area (Å²) in [6.07, 6.45) is 12.1. The van der Waals surface area contributed by atoms with Crippen molar-refractivity contribution in [2.45, 2.75) is 70.8 Å². The van der Waals surface area contributed by atoms with Gasteiger partial charge in [0.25, 0.3) is 0 Å². The van der Waals surface area contributed by atoms with Gasteiger partial charge in [0.2, 0.25) is 5.91 Å². The van der Waals surface area contributed by atoms with Crippen molar-refractivity contribution in [3.63, 3.8) is 0 Å². The third kappa shape index (κ3) is 2.02. The molecular formula is C17H27NO. The van der Waals surface area contributed by atoms with Crippen LogP contribution >= 0.6 is 0 Å². The summed E-state index contributed by atoms with van der Waals surface area (Å²) in [5.41, 5.74) is 0.480. The summed E-state index contributed by atoms with van der Waals surface area (Å²) in [4.78, 5) is 12.2. The van der Waals surface area contributed by atoms with Gasteiger partial charge in [-0.25, -0.2) is 0 Å². The Morgan fingerprint density at radius 2 is 1.63 bits per heavy atom. The van der Waals surface area contributed by atoms with Gasteiger partial charge >= 0.3 is 0 Å². The van der Waals surface area contributed by atoms with Crippen LogP contribution < -0.4 is 5.32 Å². The molecule has 0 unspecified atom stereocenters. The number of rotatable bonds is 4. The fourth-order valence-electron chi connectivity index (χ4n) is 5.93. The first-order valence-corrected chi connectivity index (χ1v) is 8.49. The maximum atomic E-state index is 12.2. The average Bonchev–Trinajstić information content (AvgIpc) is 3.17. The largest absolute Gasteiger partial charge is 0.353 e. The average molecular weight is 261 g/mol. The maximum Gasteiger partial charge on any atom is 0.223 e. The molecule has 19 heavy (non-hydrogen) atoms. The van der Waals surface area contributed by atoms with Crippen molar-refractivity contribution in [1.29, 1.82) is 0 Å². The van der Waals surface area contributed by atoms with E-state index in [9.17, 15) is 4.79 Å². The van der Waals surface area contributed by atoms with E-state index in [0.29, 0.717) is 23.3 Å². The Hall–Kier alpha value is -0.530. The van der Waals surface area contributed by atoms with Gasteiger partial charge in [0, 0.05) is 12.0 Å². The predicted molar refractivity (Wildman–Crippen MR) is 75.6 cm³/mol. The minimum atomic E-state index is 0.364. The van der Waals surface area contributed by atoms with Crippen LogP contribution in [0.3, 0.4) is 0 Å². The highest BCUT2D eigenvalue weighted by Crippen LogP contribution is 2.61. The Bertz CT molecular complexity index is 349. The molecule has 0 heterocycles. The Morgan fingerprint density at radius 3 is 2.05 bits per heavy atom. The highest BCUT2D eigenvalue weighted by Gasteiger charge is 2.54. The van der Waals surface area contributed by atoms with Crippen molar-refractivity contribution in [3.8, 4) is 0 Å². The third-order valence-electron chi connectivity index (χ3n) is 6.50. The van der Waals surface area contributed by atoms with E-state index < -0.39 is 0 Å². The molecule has 0 aliphatic heterocycles. The first-order chi connectivity index (χ1) is 9.18. The second-order valence-corrected chi connectivity index (χ2v) is 8.02. The molecule has 0 aromatic heterocycles.